The number of hydrogen-bond acceptors (Lipinski definition) is 5. The predicted octanol–water partition coefficient (Wildman–Crippen LogP) is 4.09. The van der Waals surface area contributed by atoms with E-state index in [0.717, 1.165) is 35.7 Å². The summed E-state index contributed by atoms with van der Waals surface area (Å²) in [6.45, 7) is 1.26. The van der Waals surface area contributed by atoms with Crippen molar-refractivity contribution in [3.8, 4) is 5.75 Å². The molecule has 4 aromatic rings. The second-order valence-electron chi connectivity index (χ2n) is 7.09. The lowest BCUT2D eigenvalue weighted by atomic mass is 10.1. The minimum absolute atomic E-state index is 0.105. The summed E-state index contributed by atoms with van der Waals surface area (Å²) in [6.07, 6.45) is 1.96. The number of hydrogen-bond donors (Lipinski definition) is 1. The van der Waals surface area contributed by atoms with Crippen molar-refractivity contribution >= 4 is 27.3 Å². The first-order valence-electron chi connectivity index (χ1n) is 9.77. The van der Waals surface area contributed by atoms with Gasteiger partial charge in [-0.3, -0.25) is 4.79 Å². The normalized spacial score (nSPS) is 12.8. The van der Waals surface area contributed by atoms with Gasteiger partial charge in [-0.1, -0.05) is 24.3 Å². The molecule has 2 aromatic heterocycles. The van der Waals surface area contributed by atoms with Crippen LogP contribution < -0.4 is 10.1 Å². The van der Waals surface area contributed by atoms with Crippen molar-refractivity contribution in [2.24, 2.45) is 0 Å². The molecule has 0 fully saturated rings. The molecule has 8 heteroatoms. The van der Waals surface area contributed by atoms with Gasteiger partial charge >= 0.3 is 0 Å². The van der Waals surface area contributed by atoms with Crippen LogP contribution in [0.1, 0.15) is 33.3 Å². The fourth-order valence-corrected chi connectivity index (χ4v) is 4.88. The zero-order chi connectivity index (χ0) is 20.5. The van der Waals surface area contributed by atoms with E-state index in [1.165, 1.54) is 17.4 Å². The highest BCUT2D eigenvalue weighted by Crippen LogP contribution is 2.34. The molecule has 0 atom stereocenters. The lowest BCUT2D eigenvalue weighted by Gasteiger charge is -2.09. The third-order valence-electron chi connectivity index (χ3n) is 5.19. The fraction of sp³-hybridized carbons (Fsp3) is 0.227. The summed E-state index contributed by atoms with van der Waals surface area (Å²) < 4.78 is 23.2. The first-order chi connectivity index (χ1) is 14.7. The number of rotatable bonds is 6. The average Bonchev–Trinajstić information content (AvgIpc) is 3.46. The van der Waals surface area contributed by atoms with Gasteiger partial charge in [-0.25, -0.2) is 4.39 Å². The summed E-state index contributed by atoms with van der Waals surface area (Å²) in [5, 5.41) is 11.7. The van der Waals surface area contributed by atoms with E-state index < -0.39 is 0 Å². The van der Waals surface area contributed by atoms with Crippen molar-refractivity contribution in [1.29, 1.82) is 0 Å². The number of aromatic nitrogens is 3. The number of ether oxygens (including phenoxy) is 1. The Labute approximate surface area is 176 Å². The Morgan fingerprint density at radius 3 is 2.90 bits per heavy atom. The molecule has 1 aliphatic rings. The molecule has 0 aliphatic carbocycles. The first kappa shape index (κ1) is 18.7. The van der Waals surface area contributed by atoms with E-state index in [4.69, 9.17) is 4.74 Å². The fourth-order valence-electron chi connectivity index (χ4n) is 3.74. The summed E-state index contributed by atoms with van der Waals surface area (Å²) >= 11 is 1.27. The van der Waals surface area contributed by atoms with Crippen LogP contribution in [0.3, 0.4) is 0 Å². The third-order valence-corrected chi connectivity index (χ3v) is 6.39. The Balaban J connectivity index is 1.42. The van der Waals surface area contributed by atoms with Crippen LogP contribution >= 0.6 is 11.3 Å². The maximum Gasteiger partial charge on any atom is 0.262 e. The van der Waals surface area contributed by atoms with Crippen molar-refractivity contribution in [1.82, 2.24) is 20.1 Å². The van der Waals surface area contributed by atoms with Crippen LogP contribution in [0.15, 0.2) is 48.5 Å². The summed E-state index contributed by atoms with van der Waals surface area (Å²) in [6, 6.07) is 14.2. The first-order valence-corrected chi connectivity index (χ1v) is 10.6. The highest BCUT2D eigenvalue weighted by atomic mass is 32.1. The average molecular weight is 422 g/mol. The number of fused-ring (bicyclic) bond motifs is 2. The summed E-state index contributed by atoms with van der Waals surface area (Å²) in [4.78, 5) is 13.5. The quantitative estimate of drug-likeness (QED) is 0.508. The number of carbonyl (C=O) groups excluding carboxylic acids is 1. The number of nitrogens with zero attached hydrogens (tertiary/aromatic N) is 3. The van der Waals surface area contributed by atoms with Gasteiger partial charge in [0.05, 0.1) is 11.4 Å². The van der Waals surface area contributed by atoms with Gasteiger partial charge in [0.2, 0.25) is 0 Å². The topological polar surface area (TPSA) is 69.0 Å². The van der Waals surface area contributed by atoms with Crippen molar-refractivity contribution in [3.63, 3.8) is 0 Å². The van der Waals surface area contributed by atoms with Gasteiger partial charge in [0, 0.05) is 28.6 Å². The van der Waals surface area contributed by atoms with Crippen LogP contribution in [0, 0.1) is 5.82 Å². The summed E-state index contributed by atoms with van der Waals surface area (Å²) in [7, 11) is 0. The summed E-state index contributed by atoms with van der Waals surface area (Å²) in [5.74, 6) is 1.74. The molecule has 2 aromatic carbocycles. The van der Waals surface area contributed by atoms with E-state index in [1.807, 2.05) is 41.0 Å². The van der Waals surface area contributed by atoms with Crippen LogP contribution in [0.25, 0.3) is 10.1 Å². The Kier molecular flexibility index (Phi) is 4.92. The molecule has 5 rings (SSSR count). The molecule has 0 bridgehead atoms. The van der Waals surface area contributed by atoms with E-state index >= 15 is 0 Å². The minimum Gasteiger partial charge on any atom is -0.489 e. The van der Waals surface area contributed by atoms with Crippen LogP contribution in [0.4, 0.5) is 4.39 Å². The lowest BCUT2D eigenvalue weighted by molar-refractivity contribution is 0.0951. The molecule has 0 spiro atoms. The number of carbonyl (C=O) groups is 1. The molecule has 0 radical (unpaired) electrons. The monoisotopic (exact) mass is 422 g/mol. The lowest BCUT2D eigenvalue weighted by Crippen LogP contribution is -2.25. The highest BCUT2D eigenvalue weighted by molar-refractivity contribution is 7.21. The van der Waals surface area contributed by atoms with Crippen LogP contribution in [0.2, 0.25) is 0 Å². The van der Waals surface area contributed by atoms with Gasteiger partial charge < -0.3 is 14.6 Å². The minimum atomic E-state index is -0.357. The van der Waals surface area contributed by atoms with Gasteiger partial charge in [-0.2, -0.15) is 0 Å². The number of nitrogens with one attached hydrogen (secondary N) is 1. The third kappa shape index (κ3) is 3.43. The highest BCUT2D eigenvalue weighted by Gasteiger charge is 2.23. The number of para-hydroxylation sites is 1. The van der Waals surface area contributed by atoms with Gasteiger partial charge in [0.15, 0.2) is 5.82 Å². The van der Waals surface area contributed by atoms with Crippen LogP contribution in [-0.2, 0) is 26.1 Å². The number of halogens is 1. The van der Waals surface area contributed by atoms with E-state index in [-0.39, 0.29) is 24.9 Å². The van der Waals surface area contributed by atoms with Crippen LogP contribution in [-0.4, -0.2) is 20.7 Å². The Morgan fingerprint density at radius 2 is 2.03 bits per heavy atom. The molecule has 1 amide bonds. The molecule has 1 aliphatic heterocycles. The Hall–Kier alpha value is -3.26. The second-order valence-corrected chi connectivity index (χ2v) is 8.15. The molecule has 0 unspecified atom stereocenters. The van der Waals surface area contributed by atoms with E-state index in [0.29, 0.717) is 21.6 Å². The Bertz CT molecular complexity index is 1220. The number of thiophene rings is 1. The standard InChI is InChI=1S/C22H19FN4O2S/c23-16-8-4-9-17-20(16)15(13-29-14-6-2-1-3-7-14)21(30-17)22(28)24-12-19-26-25-18-10-5-11-27(18)19/h1-4,6-9H,5,10-13H2,(H,24,28). The van der Waals surface area contributed by atoms with Gasteiger partial charge in [0.1, 0.15) is 24.0 Å². The molecule has 0 saturated heterocycles. The van der Waals surface area contributed by atoms with Crippen molar-refractivity contribution in [3.05, 3.63) is 76.4 Å². The zero-order valence-corrected chi connectivity index (χ0v) is 16.9. The van der Waals surface area contributed by atoms with Crippen molar-refractivity contribution in [2.45, 2.75) is 32.5 Å². The second kappa shape index (κ2) is 7.87. The van der Waals surface area contributed by atoms with Crippen molar-refractivity contribution < 1.29 is 13.9 Å². The number of aryl methyl sites for hydroxylation is 1. The predicted molar refractivity (Wildman–Crippen MR) is 112 cm³/mol. The smallest absolute Gasteiger partial charge is 0.262 e. The molecular weight excluding hydrogens is 403 g/mol. The van der Waals surface area contributed by atoms with E-state index in [1.54, 1.807) is 6.07 Å². The largest absolute Gasteiger partial charge is 0.489 e. The van der Waals surface area contributed by atoms with E-state index in [2.05, 4.69) is 15.5 Å². The van der Waals surface area contributed by atoms with Gasteiger partial charge in [-0.05, 0) is 30.7 Å². The molecule has 0 saturated carbocycles. The maximum atomic E-state index is 14.6. The van der Waals surface area contributed by atoms with Gasteiger partial charge in [0.25, 0.3) is 5.91 Å². The molecule has 30 heavy (non-hydrogen) atoms. The van der Waals surface area contributed by atoms with E-state index in [9.17, 15) is 9.18 Å². The summed E-state index contributed by atoms with van der Waals surface area (Å²) in [5.41, 5.74) is 0.556. The number of amides is 1. The molecule has 6 nitrogen and oxygen atoms in total. The van der Waals surface area contributed by atoms with Crippen LogP contribution in [0.5, 0.6) is 5.75 Å². The maximum absolute atomic E-state index is 14.6. The molecular formula is C22H19FN4O2S. The molecule has 152 valence electrons. The Morgan fingerprint density at radius 1 is 1.17 bits per heavy atom. The van der Waals surface area contributed by atoms with Crippen molar-refractivity contribution in [2.75, 3.05) is 0 Å². The van der Waals surface area contributed by atoms with Gasteiger partial charge in [-0.15, -0.1) is 21.5 Å². The molecule has 1 N–H and O–H groups in total. The number of benzene rings is 2. The zero-order valence-electron chi connectivity index (χ0n) is 16.1. The SMILES string of the molecule is O=C(NCc1nnc2n1CCC2)c1sc2cccc(F)c2c1COc1ccccc1. The molecule has 3 heterocycles.